The van der Waals surface area contributed by atoms with Gasteiger partial charge in [0.05, 0.1) is 0 Å². The van der Waals surface area contributed by atoms with Gasteiger partial charge in [0.1, 0.15) is 0 Å². The summed E-state index contributed by atoms with van der Waals surface area (Å²) in [7, 11) is 4.16. The van der Waals surface area contributed by atoms with Crippen LogP contribution >= 0.6 is 24.8 Å². The molecule has 0 spiro atoms. The minimum atomic E-state index is 0. The van der Waals surface area contributed by atoms with Crippen LogP contribution < -0.4 is 10.2 Å². The average Bonchev–Trinajstić information content (AvgIpc) is 2.62. The Morgan fingerprint density at radius 2 is 1.50 bits per heavy atom. The molecule has 0 radical (unpaired) electrons. The van der Waals surface area contributed by atoms with E-state index in [0.29, 0.717) is 6.04 Å². The maximum absolute atomic E-state index is 3.73. The highest BCUT2D eigenvalue weighted by Gasteiger charge is 2.18. The van der Waals surface area contributed by atoms with Crippen LogP contribution in [0.4, 0.5) is 5.69 Å². The van der Waals surface area contributed by atoms with Crippen molar-refractivity contribution in [3.05, 3.63) is 65.7 Å². The van der Waals surface area contributed by atoms with E-state index in [1.165, 1.54) is 42.7 Å². The Morgan fingerprint density at radius 1 is 0.885 bits per heavy atom. The zero-order valence-electron chi connectivity index (χ0n) is 15.7. The summed E-state index contributed by atoms with van der Waals surface area (Å²) < 4.78 is 0. The van der Waals surface area contributed by atoms with Gasteiger partial charge in [-0.05, 0) is 49.2 Å². The van der Waals surface area contributed by atoms with Crippen molar-refractivity contribution in [3.63, 3.8) is 0 Å². The van der Waals surface area contributed by atoms with Gasteiger partial charge in [0.15, 0.2) is 0 Å². The maximum Gasteiger partial charge on any atom is 0.0361 e. The third-order valence-corrected chi connectivity index (χ3v) is 4.88. The van der Waals surface area contributed by atoms with Crippen LogP contribution in [-0.2, 0) is 13.1 Å². The first kappa shape index (κ1) is 22.8. The smallest absolute Gasteiger partial charge is 0.0361 e. The molecular weight excluding hydrogens is 365 g/mol. The molecule has 1 aliphatic rings. The van der Waals surface area contributed by atoms with Crippen LogP contribution in [0.2, 0.25) is 0 Å². The largest absolute Gasteiger partial charge is 0.378 e. The number of rotatable bonds is 6. The number of nitrogens with one attached hydrogen (secondary N) is 1. The second-order valence-corrected chi connectivity index (χ2v) is 6.98. The molecule has 1 N–H and O–H groups in total. The molecule has 26 heavy (non-hydrogen) atoms. The van der Waals surface area contributed by atoms with Crippen molar-refractivity contribution in [2.45, 2.75) is 32.0 Å². The molecule has 0 aromatic heterocycles. The number of piperidine rings is 1. The van der Waals surface area contributed by atoms with Crippen LogP contribution in [-0.4, -0.2) is 38.1 Å². The number of likely N-dealkylation sites (tertiary alicyclic amines) is 1. The Hall–Kier alpha value is -1.26. The van der Waals surface area contributed by atoms with Gasteiger partial charge in [-0.1, -0.05) is 42.5 Å². The molecule has 1 aliphatic heterocycles. The van der Waals surface area contributed by atoms with Gasteiger partial charge in [0, 0.05) is 38.9 Å². The summed E-state index contributed by atoms with van der Waals surface area (Å²) in [5, 5.41) is 3.73. The lowest BCUT2D eigenvalue weighted by Crippen LogP contribution is -2.41. The molecule has 2 aromatic carbocycles. The highest BCUT2D eigenvalue weighted by Crippen LogP contribution is 2.16. The number of halogens is 2. The van der Waals surface area contributed by atoms with E-state index < -0.39 is 0 Å². The molecule has 0 unspecified atom stereocenters. The van der Waals surface area contributed by atoms with Crippen LogP contribution in [0, 0.1) is 0 Å². The molecule has 0 amide bonds. The Kier molecular flexibility index (Phi) is 10.0. The average molecular weight is 396 g/mol. The molecule has 0 bridgehead atoms. The standard InChI is InChI=1S/C21H29N3.2ClH/c1-23(2)21-10-8-18(9-11-21)16-22-20-12-14-24(15-13-20)17-19-6-4-3-5-7-19;;/h3-11,20,22H,12-17H2,1-2H3;2*1H. The first-order valence-electron chi connectivity index (χ1n) is 8.96. The van der Waals surface area contributed by atoms with Crippen molar-refractivity contribution in [1.29, 1.82) is 0 Å². The number of anilines is 1. The highest BCUT2D eigenvalue weighted by molar-refractivity contribution is 5.85. The van der Waals surface area contributed by atoms with Crippen molar-refractivity contribution >= 4 is 30.5 Å². The van der Waals surface area contributed by atoms with E-state index in [0.717, 1.165) is 13.1 Å². The van der Waals surface area contributed by atoms with Crippen molar-refractivity contribution in [2.24, 2.45) is 0 Å². The molecule has 1 fully saturated rings. The fourth-order valence-corrected chi connectivity index (χ4v) is 3.31. The van der Waals surface area contributed by atoms with Crippen LogP contribution in [0.15, 0.2) is 54.6 Å². The summed E-state index contributed by atoms with van der Waals surface area (Å²) in [5.41, 5.74) is 4.05. The molecule has 144 valence electrons. The second-order valence-electron chi connectivity index (χ2n) is 6.98. The van der Waals surface area contributed by atoms with Gasteiger partial charge >= 0.3 is 0 Å². The first-order chi connectivity index (χ1) is 11.7. The fraction of sp³-hybridized carbons (Fsp3) is 0.429. The SMILES string of the molecule is CN(C)c1ccc(CNC2CCN(Cc3ccccc3)CC2)cc1.Cl.Cl. The van der Waals surface area contributed by atoms with Crippen molar-refractivity contribution < 1.29 is 0 Å². The van der Waals surface area contributed by atoms with E-state index in [9.17, 15) is 0 Å². The van der Waals surface area contributed by atoms with Gasteiger partial charge in [0.2, 0.25) is 0 Å². The van der Waals surface area contributed by atoms with E-state index in [2.05, 4.69) is 83.8 Å². The molecule has 1 saturated heterocycles. The Balaban J connectivity index is 0.00000169. The molecule has 2 aromatic rings. The van der Waals surface area contributed by atoms with E-state index in [1.807, 2.05) is 0 Å². The highest BCUT2D eigenvalue weighted by atomic mass is 35.5. The predicted octanol–water partition coefficient (Wildman–Crippen LogP) is 4.35. The predicted molar refractivity (Wildman–Crippen MR) is 117 cm³/mol. The van der Waals surface area contributed by atoms with Gasteiger partial charge in [-0.25, -0.2) is 0 Å². The van der Waals surface area contributed by atoms with Gasteiger partial charge in [0.25, 0.3) is 0 Å². The number of benzene rings is 2. The third kappa shape index (κ3) is 6.81. The number of hydrogen-bond acceptors (Lipinski definition) is 3. The first-order valence-corrected chi connectivity index (χ1v) is 8.96. The number of hydrogen-bond donors (Lipinski definition) is 1. The third-order valence-electron chi connectivity index (χ3n) is 4.88. The lowest BCUT2D eigenvalue weighted by molar-refractivity contribution is 0.190. The molecular formula is C21H31Cl2N3. The lowest BCUT2D eigenvalue weighted by atomic mass is 10.0. The summed E-state index contributed by atoms with van der Waals surface area (Å²) >= 11 is 0. The molecule has 5 heteroatoms. The Morgan fingerprint density at radius 3 is 2.08 bits per heavy atom. The maximum atomic E-state index is 3.73. The normalized spacial score (nSPS) is 15.0. The zero-order chi connectivity index (χ0) is 16.8. The van der Waals surface area contributed by atoms with Gasteiger partial charge in [-0.3, -0.25) is 4.90 Å². The van der Waals surface area contributed by atoms with Gasteiger partial charge < -0.3 is 10.2 Å². The summed E-state index contributed by atoms with van der Waals surface area (Å²) in [6.07, 6.45) is 2.48. The lowest BCUT2D eigenvalue weighted by Gasteiger charge is -2.32. The summed E-state index contributed by atoms with van der Waals surface area (Å²) in [4.78, 5) is 4.71. The van der Waals surface area contributed by atoms with Crippen LogP contribution in [0.1, 0.15) is 24.0 Å². The second kappa shape index (κ2) is 11.5. The molecule has 1 heterocycles. The Bertz CT molecular complexity index is 609. The molecule has 3 nitrogen and oxygen atoms in total. The molecule has 0 saturated carbocycles. The fourth-order valence-electron chi connectivity index (χ4n) is 3.31. The van der Waals surface area contributed by atoms with Gasteiger partial charge in [-0.15, -0.1) is 24.8 Å². The molecule has 0 aliphatic carbocycles. The zero-order valence-corrected chi connectivity index (χ0v) is 17.4. The van der Waals surface area contributed by atoms with Crippen molar-refractivity contribution in [3.8, 4) is 0 Å². The molecule has 0 atom stereocenters. The minimum Gasteiger partial charge on any atom is -0.378 e. The van der Waals surface area contributed by atoms with Gasteiger partial charge in [-0.2, -0.15) is 0 Å². The summed E-state index contributed by atoms with van der Waals surface area (Å²) in [6, 6.07) is 20.3. The van der Waals surface area contributed by atoms with E-state index >= 15 is 0 Å². The Labute approximate surface area is 170 Å². The topological polar surface area (TPSA) is 18.5 Å². The summed E-state index contributed by atoms with van der Waals surface area (Å²) in [6.45, 7) is 4.43. The van der Waals surface area contributed by atoms with E-state index in [-0.39, 0.29) is 24.8 Å². The number of nitrogens with zero attached hydrogens (tertiary/aromatic N) is 2. The van der Waals surface area contributed by atoms with E-state index in [1.54, 1.807) is 0 Å². The van der Waals surface area contributed by atoms with Crippen molar-refractivity contribution in [1.82, 2.24) is 10.2 Å². The van der Waals surface area contributed by atoms with Crippen molar-refractivity contribution in [2.75, 3.05) is 32.1 Å². The monoisotopic (exact) mass is 395 g/mol. The van der Waals surface area contributed by atoms with Crippen LogP contribution in [0.25, 0.3) is 0 Å². The summed E-state index contributed by atoms with van der Waals surface area (Å²) in [5.74, 6) is 0. The molecule has 3 rings (SSSR count). The van der Waals surface area contributed by atoms with Crippen LogP contribution in [0.5, 0.6) is 0 Å². The quantitative estimate of drug-likeness (QED) is 0.783. The van der Waals surface area contributed by atoms with Crippen LogP contribution in [0.3, 0.4) is 0 Å². The minimum absolute atomic E-state index is 0. The van der Waals surface area contributed by atoms with E-state index in [4.69, 9.17) is 0 Å².